The molecule has 0 N–H and O–H groups in total. The van der Waals surface area contributed by atoms with Crippen LogP contribution in [0, 0.1) is 6.92 Å². The van der Waals surface area contributed by atoms with Crippen molar-refractivity contribution >= 4 is 5.91 Å². The summed E-state index contributed by atoms with van der Waals surface area (Å²) in [4.78, 5) is 15.0. The molecule has 3 aromatic rings. The average molecular weight is 392 g/mol. The van der Waals surface area contributed by atoms with Gasteiger partial charge >= 0.3 is 0 Å². The van der Waals surface area contributed by atoms with Crippen LogP contribution in [0.3, 0.4) is 0 Å². The number of nitrogens with zero attached hydrogens (tertiary/aromatic N) is 2. The Balaban J connectivity index is 1.58. The quantitative estimate of drug-likeness (QED) is 0.633. The van der Waals surface area contributed by atoms with Gasteiger partial charge in [0.15, 0.2) is 11.5 Å². The van der Waals surface area contributed by atoms with Crippen LogP contribution >= 0.6 is 0 Å². The van der Waals surface area contributed by atoms with E-state index in [4.69, 9.17) is 14.0 Å². The molecule has 150 valence electrons. The lowest BCUT2D eigenvalue weighted by Crippen LogP contribution is -2.30. The zero-order chi connectivity index (χ0) is 20.4. The highest BCUT2D eigenvalue weighted by molar-refractivity contribution is 5.93. The summed E-state index contributed by atoms with van der Waals surface area (Å²) in [6, 6.07) is 15.5. The maximum Gasteiger partial charge on any atom is 0.292 e. The Hall–Kier alpha value is -3.28. The molecule has 1 atom stereocenters. The van der Waals surface area contributed by atoms with E-state index < -0.39 is 0 Å². The molecule has 0 aliphatic carbocycles. The molecule has 0 bridgehead atoms. The van der Waals surface area contributed by atoms with E-state index in [1.807, 2.05) is 54.3 Å². The Bertz CT molecular complexity index is 1010. The van der Waals surface area contributed by atoms with E-state index in [-0.39, 0.29) is 17.7 Å². The fourth-order valence-electron chi connectivity index (χ4n) is 3.79. The second kappa shape index (κ2) is 7.99. The van der Waals surface area contributed by atoms with E-state index in [0.29, 0.717) is 23.7 Å². The predicted octanol–water partition coefficient (Wildman–Crippen LogP) is 4.64. The van der Waals surface area contributed by atoms with Crippen LogP contribution in [0.15, 0.2) is 53.1 Å². The Morgan fingerprint density at radius 2 is 1.83 bits per heavy atom. The van der Waals surface area contributed by atoms with E-state index >= 15 is 0 Å². The molecule has 1 unspecified atom stereocenters. The van der Waals surface area contributed by atoms with Gasteiger partial charge in [-0.05, 0) is 37.5 Å². The van der Waals surface area contributed by atoms with Gasteiger partial charge in [0.1, 0.15) is 5.69 Å². The highest BCUT2D eigenvalue weighted by Gasteiger charge is 2.33. The first-order valence-corrected chi connectivity index (χ1v) is 9.67. The Labute approximate surface area is 170 Å². The van der Waals surface area contributed by atoms with E-state index in [0.717, 1.165) is 24.0 Å². The number of aromatic nitrogens is 1. The molecule has 1 fully saturated rings. The highest BCUT2D eigenvalue weighted by Crippen LogP contribution is 2.37. The van der Waals surface area contributed by atoms with Gasteiger partial charge in [-0.25, -0.2) is 0 Å². The van der Waals surface area contributed by atoms with Gasteiger partial charge in [-0.3, -0.25) is 4.79 Å². The van der Waals surface area contributed by atoms with Gasteiger partial charge in [-0.2, -0.15) is 0 Å². The fraction of sp³-hybridized carbons (Fsp3) is 0.304. The Morgan fingerprint density at radius 3 is 2.55 bits per heavy atom. The minimum absolute atomic E-state index is 0.0322. The normalized spacial score (nSPS) is 16.1. The van der Waals surface area contributed by atoms with Gasteiger partial charge in [0.25, 0.3) is 5.91 Å². The van der Waals surface area contributed by atoms with Crippen LogP contribution in [0.5, 0.6) is 11.5 Å². The lowest BCUT2D eigenvalue weighted by Gasteiger charge is -2.24. The third-order valence-electron chi connectivity index (χ3n) is 5.37. The summed E-state index contributed by atoms with van der Waals surface area (Å²) in [6.07, 6.45) is 1.82. The molecule has 1 aliphatic rings. The smallest absolute Gasteiger partial charge is 0.292 e. The van der Waals surface area contributed by atoms with Crippen molar-refractivity contribution in [2.24, 2.45) is 0 Å². The molecule has 6 nitrogen and oxygen atoms in total. The standard InChI is InChI=1S/C23H24N2O4/c1-15-6-8-16(9-7-15)18-14-22(29-24-18)23(26)25-12-4-5-19(25)17-10-11-20(27-2)21(13-17)28-3/h6-11,13-14,19H,4-5,12H2,1-3H3. The van der Waals surface area contributed by atoms with Crippen LogP contribution in [-0.4, -0.2) is 36.7 Å². The SMILES string of the molecule is COc1ccc(C2CCCN2C(=O)c2cc(-c3ccc(C)cc3)no2)cc1OC. The topological polar surface area (TPSA) is 64.8 Å². The van der Waals surface area contributed by atoms with Crippen molar-refractivity contribution in [2.45, 2.75) is 25.8 Å². The number of amides is 1. The number of carbonyl (C=O) groups excluding carboxylic acids is 1. The molecule has 29 heavy (non-hydrogen) atoms. The number of hydrogen-bond acceptors (Lipinski definition) is 5. The molecule has 4 rings (SSSR count). The van der Waals surface area contributed by atoms with Gasteiger partial charge < -0.3 is 18.9 Å². The number of rotatable bonds is 5. The van der Waals surface area contributed by atoms with E-state index in [9.17, 15) is 4.79 Å². The van der Waals surface area contributed by atoms with Crippen LogP contribution in [0.25, 0.3) is 11.3 Å². The minimum Gasteiger partial charge on any atom is -0.493 e. The zero-order valence-electron chi connectivity index (χ0n) is 16.8. The first-order valence-electron chi connectivity index (χ1n) is 9.67. The van der Waals surface area contributed by atoms with Gasteiger partial charge in [0.2, 0.25) is 5.76 Å². The van der Waals surface area contributed by atoms with Crippen molar-refractivity contribution in [1.29, 1.82) is 0 Å². The molecular formula is C23H24N2O4. The number of benzene rings is 2. The minimum atomic E-state index is -0.145. The maximum atomic E-state index is 13.1. The van der Waals surface area contributed by atoms with Gasteiger partial charge in [-0.1, -0.05) is 41.1 Å². The average Bonchev–Trinajstić information content (AvgIpc) is 3.43. The first kappa shape index (κ1) is 19.1. The zero-order valence-corrected chi connectivity index (χ0v) is 16.8. The molecular weight excluding hydrogens is 368 g/mol. The molecule has 1 aromatic heterocycles. The first-order chi connectivity index (χ1) is 14.1. The molecule has 2 heterocycles. The monoisotopic (exact) mass is 392 g/mol. The van der Waals surface area contributed by atoms with Crippen LogP contribution in [-0.2, 0) is 0 Å². The Kier molecular flexibility index (Phi) is 5.25. The summed E-state index contributed by atoms with van der Waals surface area (Å²) in [6.45, 7) is 2.71. The molecule has 1 aliphatic heterocycles. The fourth-order valence-corrected chi connectivity index (χ4v) is 3.79. The van der Waals surface area contributed by atoms with E-state index in [1.165, 1.54) is 5.56 Å². The molecule has 1 amide bonds. The van der Waals surface area contributed by atoms with Crippen molar-refractivity contribution in [3.8, 4) is 22.8 Å². The van der Waals surface area contributed by atoms with Crippen molar-refractivity contribution in [1.82, 2.24) is 10.1 Å². The Morgan fingerprint density at radius 1 is 1.07 bits per heavy atom. The number of ether oxygens (including phenoxy) is 2. The van der Waals surface area contributed by atoms with Gasteiger partial charge in [0.05, 0.1) is 20.3 Å². The van der Waals surface area contributed by atoms with Crippen LogP contribution in [0.2, 0.25) is 0 Å². The van der Waals surface area contributed by atoms with E-state index in [1.54, 1.807) is 20.3 Å². The largest absolute Gasteiger partial charge is 0.493 e. The summed E-state index contributed by atoms with van der Waals surface area (Å²) in [5.74, 6) is 1.44. The molecule has 0 radical (unpaired) electrons. The number of methoxy groups -OCH3 is 2. The number of likely N-dealkylation sites (tertiary alicyclic amines) is 1. The highest BCUT2D eigenvalue weighted by atomic mass is 16.5. The van der Waals surface area contributed by atoms with Gasteiger partial charge in [-0.15, -0.1) is 0 Å². The van der Waals surface area contributed by atoms with Crippen molar-refractivity contribution in [2.75, 3.05) is 20.8 Å². The van der Waals surface area contributed by atoms with Crippen molar-refractivity contribution in [3.63, 3.8) is 0 Å². The van der Waals surface area contributed by atoms with Gasteiger partial charge in [0, 0.05) is 18.2 Å². The summed E-state index contributed by atoms with van der Waals surface area (Å²) in [5, 5.41) is 4.10. The lowest BCUT2D eigenvalue weighted by atomic mass is 10.0. The second-order valence-electron chi connectivity index (χ2n) is 7.21. The molecule has 0 spiro atoms. The molecule has 1 saturated heterocycles. The summed E-state index contributed by atoms with van der Waals surface area (Å²) in [5.41, 5.74) is 3.78. The third kappa shape index (κ3) is 3.70. The van der Waals surface area contributed by atoms with Crippen LogP contribution < -0.4 is 9.47 Å². The maximum absolute atomic E-state index is 13.1. The predicted molar refractivity (Wildman–Crippen MR) is 109 cm³/mol. The molecule has 2 aromatic carbocycles. The van der Waals surface area contributed by atoms with Crippen LogP contribution in [0.1, 0.15) is 40.6 Å². The van der Waals surface area contributed by atoms with Crippen molar-refractivity contribution < 1.29 is 18.8 Å². The third-order valence-corrected chi connectivity index (χ3v) is 5.37. The van der Waals surface area contributed by atoms with Crippen LogP contribution in [0.4, 0.5) is 0 Å². The molecule has 0 saturated carbocycles. The lowest BCUT2D eigenvalue weighted by molar-refractivity contribution is 0.0693. The summed E-state index contributed by atoms with van der Waals surface area (Å²) >= 11 is 0. The number of hydrogen-bond donors (Lipinski definition) is 0. The second-order valence-corrected chi connectivity index (χ2v) is 7.21. The summed E-state index contributed by atoms with van der Waals surface area (Å²) < 4.78 is 16.1. The summed E-state index contributed by atoms with van der Waals surface area (Å²) in [7, 11) is 3.22. The van der Waals surface area contributed by atoms with E-state index in [2.05, 4.69) is 5.16 Å². The molecule has 6 heteroatoms. The number of carbonyl (C=O) groups is 1. The van der Waals surface area contributed by atoms with Crippen molar-refractivity contribution in [3.05, 3.63) is 65.4 Å². The number of aryl methyl sites for hydroxylation is 1.